The predicted octanol–water partition coefficient (Wildman–Crippen LogP) is 3.91. The molecule has 4 nitrogen and oxygen atoms in total. The predicted molar refractivity (Wildman–Crippen MR) is 106 cm³/mol. The van der Waals surface area contributed by atoms with Crippen LogP contribution >= 0.6 is 15.9 Å². The van der Waals surface area contributed by atoms with Crippen molar-refractivity contribution < 1.29 is 4.79 Å². The lowest BCUT2D eigenvalue weighted by atomic mass is 10.1. The van der Waals surface area contributed by atoms with E-state index in [0.717, 1.165) is 40.6 Å². The minimum absolute atomic E-state index is 0.0341. The average Bonchev–Trinajstić information content (AvgIpc) is 3.18. The highest BCUT2D eigenvalue weighted by molar-refractivity contribution is 9.10. The first-order valence-corrected chi connectivity index (χ1v) is 9.61. The summed E-state index contributed by atoms with van der Waals surface area (Å²) >= 11 is 3.49. The van der Waals surface area contributed by atoms with Crippen LogP contribution in [0.15, 0.2) is 51.9 Å². The van der Waals surface area contributed by atoms with E-state index in [1.54, 1.807) is 11.1 Å². The summed E-state index contributed by atoms with van der Waals surface area (Å²) in [6, 6.07) is 11.8. The summed E-state index contributed by atoms with van der Waals surface area (Å²) in [7, 11) is 0. The molecule has 2 aliphatic rings. The Kier molecular flexibility index (Phi) is 3.38. The van der Waals surface area contributed by atoms with E-state index >= 15 is 0 Å². The van der Waals surface area contributed by atoms with Crippen LogP contribution in [0, 0.1) is 0 Å². The lowest BCUT2D eigenvalue weighted by Gasteiger charge is -2.23. The number of hydrogen-bond donors (Lipinski definition) is 0. The monoisotopic (exact) mass is 408 g/mol. The first-order chi connectivity index (χ1) is 12.5. The van der Waals surface area contributed by atoms with Crippen LogP contribution in [0.2, 0.25) is 0 Å². The third-order valence-electron chi connectivity index (χ3n) is 5.51. The van der Waals surface area contributed by atoms with Gasteiger partial charge >= 0.3 is 0 Å². The molecule has 130 valence electrons. The maximum Gasteiger partial charge on any atom is 0.264 e. The molecule has 1 amide bonds. The van der Waals surface area contributed by atoms with Gasteiger partial charge in [0.1, 0.15) is 5.56 Å². The van der Waals surface area contributed by atoms with Crippen molar-refractivity contribution in [1.82, 2.24) is 4.57 Å². The van der Waals surface area contributed by atoms with Crippen molar-refractivity contribution in [2.24, 2.45) is 0 Å². The van der Waals surface area contributed by atoms with Crippen molar-refractivity contribution in [3.8, 4) is 0 Å². The second kappa shape index (κ2) is 5.55. The first-order valence-electron chi connectivity index (χ1n) is 8.81. The Labute approximate surface area is 159 Å². The van der Waals surface area contributed by atoms with Gasteiger partial charge in [-0.25, -0.2) is 0 Å². The molecule has 0 saturated carbocycles. The highest BCUT2D eigenvalue weighted by Crippen LogP contribution is 2.35. The Balaban J connectivity index is 1.68. The average molecular weight is 409 g/mol. The third kappa shape index (κ3) is 2.13. The van der Waals surface area contributed by atoms with Gasteiger partial charge in [0.15, 0.2) is 0 Å². The molecule has 0 saturated heterocycles. The number of nitrogens with zero attached hydrogens (tertiary/aromatic N) is 2. The summed E-state index contributed by atoms with van der Waals surface area (Å²) in [6.45, 7) is 2.84. The summed E-state index contributed by atoms with van der Waals surface area (Å²) in [5.41, 5.74) is 4.30. The van der Waals surface area contributed by atoms with E-state index < -0.39 is 0 Å². The summed E-state index contributed by atoms with van der Waals surface area (Å²) in [5, 5.41) is 0.647. The Morgan fingerprint density at radius 3 is 2.88 bits per heavy atom. The van der Waals surface area contributed by atoms with E-state index in [2.05, 4.69) is 32.6 Å². The highest BCUT2D eigenvalue weighted by Gasteiger charge is 2.33. The number of rotatable bonds is 1. The standard InChI is InChI=1S/C21H17BrN2O2/c1-12-9-14-10-15(22)5-6-18(14)24(12)21(26)17-11-23-8-7-13-3-2-4-16(19(13)23)20(17)25/h2-6,10-12H,7-9H2,1H3/t12-/m0/s1. The number of anilines is 1. The van der Waals surface area contributed by atoms with Crippen molar-refractivity contribution in [2.75, 3.05) is 4.90 Å². The lowest BCUT2D eigenvalue weighted by Crippen LogP contribution is -2.38. The largest absolute Gasteiger partial charge is 0.346 e. The lowest BCUT2D eigenvalue weighted by molar-refractivity contribution is 0.0980. The zero-order chi connectivity index (χ0) is 18.0. The van der Waals surface area contributed by atoms with E-state index in [4.69, 9.17) is 0 Å². The molecule has 1 aromatic heterocycles. The molecule has 1 atom stereocenters. The zero-order valence-corrected chi connectivity index (χ0v) is 15.9. The molecule has 2 aliphatic heterocycles. The number of para-hydroxylation sites is 1. The van der Waals surface area contributed by atoms with Crippen LogP contribution in [-0.2, 0) is 19.4 Å². The number of carbonyl (C=O) groups is 1. The highest BCUT2D eigenvalue weighted by atomic mass is 79.9. The molecule has 5 heteroatoms. The van der Waals surface area contributed by atoms with Gasteiger partial charge in [0.05, 0.1) is 5.52 Å². The fourth-order valence-corrected chi connectivity index (χ4v) is 4.76. The Morgan fingerprint density at radius 2 is 2.04 bits per heavy atom. The van der Waals surface area contributed by atoms with Crippen molar-refractivity contribution in [1.29, 1.82) is 0 Å². The summed E-state index contributed by atoms with van der Waals surface area (Å²) < 4.78 is 3.06. The maximum absolute atomic E-state index is 13.4. The number of benzene rings is 2. The van der Waals surface area contributed by atoms with Crippen LogP contribution in [0.3, 0.4) is 0 Å². The topological polar surface area (TPSA) is 42.3 Å². The minimum Gasteiger partial charge on any atom is -0.346 e. The molecule has 0 fully saturated rings. The molecule has 0 aliphatic carbocycles. The van der Waals surface area contributed by atoms with Gasteiger partial charge in [0.25, 0.3) is 5.91 Å². The van der Waals surface area contributed by atoms with Gasteiger partial charge in [-0.3, -0.25) is 9.59 Å². The van der Waals surface area contributed by atoms with Crippen LogP contribution in [0.25, 0.3) is 10.9 Å². The van der Waals surface area contributed by atoms with Crippen LogP contribution in [-0.4, -0.2) is 16.5 Å². The summed E-state index contributed by atoms with van der Waals surface area (Å²) in [5.74, 6) is -0.202. The molecule has 26 heavy (non-hydrogen) atoms. The number of hydrogen-bond acceptors (Lipinski definition) is 2. The molecule has 5 rings (SSSR count). The third-order valence-corrected chi connectivity index (χ3v) is 6.00. The number of amides is 1. The minimum atomic E-state index is -0.202. The van der Waals surface area contributed by atoms with Crippen molar-refractivity contribution in [3.05, 3.63) is 74.0 Å². The Bertz CT molecular complexity index is 1150. The molecule has 3 aromatic rings. The fraction of sp³-hybridized carbons (Fsp3) is 0.238. The van der Waals surface area contributed by atoms with Crippen LogP contribution in [0.1, 0.15) is 28.4 Å². The van der Waals surface area contributed by atoms with Gasteiger partial charge in [-0.05, 0) is 55.2 Å². The van der Waals surface area contributed by atoms with Crippen molar-refractivity contribution in [2.45, 2.75) is 32.4 Å². The number of carbonyl (C=O) groups excluding carboxylic acids is 1. The quantitative estimate of drug-likeness (QED) is 0.612. The Hall–Kier alpha value is -2.40. The van der Waals surface area contributed by atoms with E-state index in [0.29, 0.717) is 5.39 Å². The van der Waals surface area contributed by atoms with Crippen LogP contribution in [0.5, 0.6) is 0 Å². The Morgan fingerprint density at radius 1 is 1.19 bits per heavy atom. The van der Waals surface area contributed by atoms with Gasteiger partial charge in [0.2, 0.25) is 5.43 Å². The molecule has 0 bridgehead atoms. The molecule has 2 aromatic carbocycles. The van der Waals surface area contributed by atoms with Crippen molar-refractivity contribution >= 4 is 38.4 Å². The zero-order valence-electron chi connectivity index (χ0n) is 14.3. The van der Waals surface area contributed by atoms with Gasteiger partial charge in [0, 0.05) is 34.3 Å². The molecule has 0 radical (unpaired) electrons. The second-order valence-corrected chi connectivity index (χ2v) is 8.05. The number of aryl methyl sites for hydroxylation is 2. The van der Waals surface area contributed by atoms with E-state index in [-0.39, 0.29) is 22.9 Å². The van der Waals surface area contributed by atoms with Gasteiger partial charge in [-0.2, -0.15) is 0 Å². The summed E-state index contributed by atoms with van der Waals surface area (Å²) in [6.07, 6.45) is 3.46. The molecular formula is C21H17BrN2O2. The number of fused-ring (bicyclic) bond motifs is 1. The van der Waals surface area contributed by atoms with E-state index in [9.17, 15) is 9.59 Å². The molecule has 0 N–H and O–H groups in total. The number of halogens is 1. The van der Waals surface area contributed by atoms with E-state index in [1.807, 2.05) is 31.2 Å². The molecule has 0 unspecified atom stereocenters. The smallest absolute Gasteiger partial charge is 0.264 e. The van der Waals surface area contributed by atoms with Gasteiger partial charge < -0.3 is 9.47 Å². The van der Waals surface area contributed by atoms with Crippen LogP contribution in [0.4, 0.5) is 5.69 Å². The molecular weight excluding hydrogens is 392 g/mol. The van der Waals surface area contributed by atoms with Crippen molar-refractivity contribution in [3.63, 3.8) is 0 Å². The van der Waals surface area contributed by atoms with Crippen LogP contribution < -0.4 is 10.3 Å². The van der Waals surface area contributed by atoms with Gasteiger partial charge in [-0.1, -0.05) is 28.1 Å². The number of aromatic nitrogens is 1. The first kappa shape index (κ1) is 15.8. The second-order valence-electron chi connectivity index (χ2n) is 7.13. The SMILES string of the molecule is C[C@H]1Cc2cc(Br)ccc2N1C(=O)c1cn2c3c(cccc3c1=O)CC2. The molecule has 0 spiro atoms. The summed E-state index contributed by atoms with van der Waals surface area (Å²) in [4.78, 5) is 28.2. The normalized spacial score (nSPS) is 17.8. The van der Waals surface area contributed by atoms with E-state index in [1.165, 1.54) is 5.56 Å². The molecule has 3 heterocycles. The number of pyridine rings is 1. The van der Waals surface area contributed by atoms with Gasteiger partial charge in [-0.15, -0.1) is 0 Å². The maximum atomic E-state index is 13.4. The fourth-order valence-electron chi connectivity index (χ4n) is 4.35.